The van der Waals surface area contributed by atoms with Gasteiger partial charge in [-0.15, -0.1) is 0 Å². The lowest BCUT2D eigenvalue weighted by atomic mass is 9.98. The molecule has 0 aromatic heterocycles. The van der Waals surface area contributed by atoms with Crippen LogP contribution in [-0.2, 0) is 5.60 Å². The maximum absolute atomic E-state index is 9.71. The summed E-state index contributed by atoms with van der Waals surface area (Å²) < 4.78 is 5.00. The first kappa shape index (κ1) is 10.4. The van der Waals surface area contributed by atoms with Crippen LogP contribution in [0.1, 0.15) is 19.4 Å². The molecule has 72 valence electrons. The number of hydrogen-bond donors (Lipinski definition) is 1. The summed E-state index contributed by atoms with van der Waals surface area (Å²) in [6.45, 7) is 3.39. The standard InChI is InChI=1S/C10H13ClO2/c1-10(2,12)8-5-4-7(13-3)6-9(8)11/h4-6,12H,1-3H3. The molecule has 0 unspecified atom stereocenters. The van der Waals surface area contributed by atoms with Gasteiger partial charge in [-0.3, -0.25) is 0 Å². The number of ether oxygens (including phenoxy) is 1. The summed E-state index contributed by atoms with van der Waals surface area (Å²) >= 11 is 5.95. The summed E-state index contributed by atoms with van der Waals surface area (Å²) in [5.74, 6) is 0.693. The Morgan fingerprint density at radius 1 is 1.38 bits per heavy atom. The van der Waals surface area contributed by atoms with Crippen molar-refractivity contribution in [1.82, 2.24) is 0 Å². The Morgan fingerprint density at radius 3 is 2.38 bits per heavy atom. The second-order valence-corrected chi connectivity index (χ2v) is 3.81. The first-order valence-electron chi connectivity index (χ1n) is 4.01. The van der Waals surface area contributed by atoms with E-state index >= 15 is 0 Å². The summed E-state index contributed by atoms with van der Waals surface area (Å²) in [6.07, 6.45) is 0. The molecule has 3 heteroatoms. The third-order valence-electron chi connectivity index (χ3n) is 1.84. The Labute approximate surface area is 83.1 Å². The van der Waals surface area contributed by atoms with Crippen molar-refractivity contribution in [1.29, 1.82) is 0 Å². The summed E-state index contributed by atoms with van der Waals surface area (Å²) in [4.78, 5) is 0. The first-order chi connectivity index (χ1) is 5.95. The molecule has 1 rings (SSSR count). The van der Waals surface area contributed by atoms with E-state index in [-0.39, 0.29) is 0 Å². The minimum atomic E-state index is -0.913. The molecule has 13 heavy (non-hydrogen) atoms. The van der Waals surface area contributed by atoms with Crippen molar-refractivity contribution in [3.05, 3.63) is 28.8 Å². The first-order valence-corrected chi connectivity index (χ1v) is 4.39. The highest BCUT2D eigenvalue weighted by atomic mass is 35.5. The quantitative estimate of drug-likeness (QED) is 0.795. The van der Waals surface area contributed by atoms with Gasteiger partial charge in [-0.2, -0.15) is 0 Å². The van der Waals surface area contributed by atoms with Crippen molar-refractivity contribution < 1.29 is 9.84 Å². The lowest BCUT2D eigenvalue weighted by Crippen LogP contribution is -2.15. The maximum Gasteiger partial charge on any atom is 0.120 e. The molecule has 0 aliphatic carbocycles. The van der Waals surface area contributed by atoms with Crippen LogP contribution < -0.4 is 4.74 Å². The van der Waals surface area contributed by atoms with Gasteiger partial charge in [0.05, 0.1) is 17.7 Å². The van der Waals surface area contributed by atoms with Crippen LogP contribution in [0, 0.1) is 0 Å². The zero-order valence-electron chi connectivity index (χ0n) is 7.97. The SMILES string of the molecule is COc1ccc(C(C)(C)O)c(Cl)c1. The largest absolute Gasteiger partial charge is 0.497 e. The van der Waals surface area contributed by atoms with Gasteiger partial charge in [-0.1, -0.05) is 17.7 Å². The van der Waals surface area contributed by atoms with Gasteiger partial charge in [0.15, 0.2) is 0 Å². The van der Waals surface area contributed by atoms with E-state index in [1.54, 1.807) is 39.2 Å². The molecule has 1 aromatic carbocycles. The molecule has 2 nitrogen and oxygen atoms in total. The Hall–Kier alpha value is -0.730. The second-order valence-electron chi connectivity index (χ2n) is 3.40. The number of methoxy groups -OCH3 is 1. The molecule has 0 saturated heterocycles. The molecule has 1 aromatic rings. The minimum Gasteiger partial charge on any atom is -0.497 e. The predicted molar refractivity (Wildman–Crippen MR) is 53.2 cm³/mol. The predicted octanol–water partition coefficient (Wildman–Crippen LogP) is 2.58. The van der Waals surface area contributed by atoms with Crippen LogP contribution in [0.5, 0.6) is 5.75 Å². The van der Waals surface area contributed by atoms with E-state index in [4.69, 9.17) is 16.3 Å². The van der Waals surface area contributed by atoms with E-state index < -0.39 is 5.60 Å². The number of hydrogen-bond acceptors (Lipinski definition) is 2. The summed E-state index contributed by atoms with van der Waals surface area (Å²) in [6, 6.07) is 5.23. The van der Waals surface area contributed by atoms with Crippen LogP contribution >= 0.6 is 11.6 Å². The van der Waals surface area contributed by atoms with E-state index in [0.717, 1.165) is 0 Å². The molecule has 0 saturated carbocycles. The highest BCUT2D eigenvalue weighted by Crippen LogP contribution is 2.30. The minimum absolute atomic E-state index is 0.520. The van der Waals surface area contributed by atoms with Gasteiger partial charge in [-0.25, -0.2) is 0 Å². The summed E-state index contributed by atoms with van der Waals surface area (Å²) in [7, 11) is 1.58. The molecule has 0 bridgehead atoms. The van der Waals surface area contributed by atoms with E-state index in [1.165, 1.54) is 0 Å². The Morgan fingerprint density at radius 2 is 2.00 bits per heavy atom. The maximum atomic E-state index is 9.71. The van der Waals surface area contributed by atoms with Crippen molar-refractivity contribution in [3.63, 3.8) is 0 Å². The van der Waals surface area contributed by atoms with E-state index in [9.17, 15) is 5.11 Å². The molecule has 0 aliphatic heterocycles. The lowest BCUT2D eigenvalue weighted by molar-refractivity contribution is 0.0787. The number of benzene rings is 1. The van der Waals surface area contributed by atoms with Crippen molar-refractivity contribution >= 4 is 11.6 Å². The van der Waals surface area contributed by atoms with Crippen molar-refractivity contribution in [2.24, 2.45) is 0 Å². The van der Waals surface area contributed by atoms with Crippen LogP contribution in [0.15, 0.2) is 18.2 Å². The van der Waals surface area contributed by atoms with Crippen LogP contribution in [0.3, 0.4) is 0 Å². The van der Waals surface area contributed by atoms with Gasteiger partial charge in [0.1, 0.15) is 5.75 Å². The molecule has 1 N–H and O–H groups in total. The Balaban J connectivity index is 3.13. The van der Waals surface area contributed by atoms with Crippen LogP contribution in [0.2, 0.25) is 5.02 Å². The van der Waals surface area contributed by atoms with E-state index in [1.807, 2.05) is 0 Å². The third-order valence-corrected chi connectivity index (χ3v) is 2.15. The fourth-order valence-electron chi connectivity index (χ4n) is 1.12. The molecule has 0 radical (unpaired) electrons. The van der Waals surface area contributed by atoms with Crippen molar-refractivity contribution in [2.75, 3.05) is 7.11 Å². The fraction of sp³-hybridized carbons (Fsp3) is 0.400. The van der Waals surface area contributed by atoms with Gasteiger partial charge in [0, 0.05) is 5.56 Å². The van der Waals surface area contributed by atoms with Gasteiger partial charge >= 0.3 is 0 Å². The molecule has 0 fully saturated rings. The molecule has 0 atom stereocenters. The summed E-state index contributed by atoms with van der Waals surface area (Å²) in [5, 5.41) is 10.2. The average molecular weight is 201 g/mol. The summed E-state index contributed by atoms with van der Waals surface area (Å²) in [5.41, 5.74) is -0.210. The van der Waals surface area contributed by atoms with Crippen LogP contribution in [0.25, 0.3) is 0 Å². The van der Waals surface area contributed by atoms with Gasteiger partial charge < -0.3 is 9.84 Å². The van der Waals surface area contributed by atoms with Crippen molar-refractivity contribution in [3.8, 4) is 5.75 Å². The Bertz CT molecular complexity index is 302. The van der Waals surface area contributed by atoms with Gasteiger partial charge in [0.2, 0.25) is 0 Å². The molecular formula is C10H13ClO2. The smallest absolute Gasteiger partial charge is 0.120 e. The van der Waals surface area contributed by atoms with Crippen LogP contribution in [0.4, 0.5) is 0 Å². The molecule has 0 heterocycles. The highest BCUT2D eigenvalue weighted by Gasteiger charge is 2.19. The third kappa shape index (κ3) is 2.36. The average Bonchev–Trinajstić information content (AvgIpc) is 2.01. The highest BCUT2D eigenvalue weighted by molar-refractivity contribution is 6.31. The molecule has 0 spiro atoms. The van der Waals surface area contributed by atoms with E-state index in [2.05, 4.69) is 0 Å². The zero-order valence-corrected chi connectivity index (χ0v) is 8.72. The molecule has 0 amide bonds. The normalized spacial score (nSPS) is 11.5. The molecule has 0 aliphatic rings. The number of aliphatic hydroxyl groups is 1. The Kier molecular flexibility index (Phi) is 2.84. The fourth-order valence-corrected chi connectivity index (χ4v) is 1.52. The number of halogens is 1. The second kappa shape index (κ2) is 3.56. The zero-order chi connectivity index (χ0) is 10.1. The monoisotopic (exact) mass is 200 g/mol. The van der Waals surface area contributed by atoms with Crippen LogP contribution in [-0.4, -0.2) is 12.2 Å². The van der Waals surface area contributed by atoms with E-state index in [0.29, 0.717) is 16.3 Å². The van der Waals surface area contributed by atoms with Gasteiger partial charge in [0.25, 0.3) is 0 Å². The van der Waals surface area contributed by atoms with Gasteiger partial charge in [-0.05, 0) is 26.0 Å². The molecular weight excluding hydrogens is 188 g/mol. The topological polar surface area (TPSA) is 29.5 Å². The van der Waals surface area contributed by atoms with Crippen molar-refractivity contribution in [2.45, 2.75) is 19.4 Å². The number of rotatable bonds is 2. The lowest BCUT2D eigenvalue weighted by Gasteiger charge is -2.19.